The largest absolute Gasteiger partial charge is 0.351 e. The number of carbonyl (C=O) groups is 1. The summed E-state index contributed by atoms with van der Waals surface area (Å²) in [7, 11) is 0. The minimum atomic E-state index is -0.0655. The first kappa shape index (κ1) is 15.8. The molecule has 0 bridgehead atoms. The zero-order valence-electron chi connectivity index (χ0n) is 13.5. The molecule has 1 atom stereocenters. The van der Waals surface area contributed by atoms with Gasteiger partial charge in [0.25, 0.3) is 0 Å². The molecule has 1 aliphatic heterocycles. The van der Waals surface area contributed by atoms with E-state index in [1.54, 1.807) is 6.92 Å². The summed E-state index contributed by atoms with van der Waals surface area (Å²) in [5.41, 5.74) is -0.0655. The van der Waals surface area contributed by atoms with Crippen molar-refractivity contribution in [3.05, 3.63) is 0 Å². The van der Waals surface area contributed by atoms with E-state index in [0.29, 0.717) is 0 Å². The fraction of sp³-hybridized carbons (Fsp3) is 0.941. The van der Waals surface area contributed by atoms with Gasteiger partial charge in [-0.3, -0.25) is 4.79 Å². The molecule has 0 aromatic heterocycles. The Morgan fingerprint density at radius 2 is 1.70 bits per heavy atom. The summed E-state index contributed by atoms with van der Waals surface area (Å²) in [5, 5.41) is 6.64. The van der Waals surface area contributed by atoms with Gasteiger partial charge in [-0.05, 0) is 64.0 Å². The van der Waals surface area contributed by atoms with Crippen LogP contribution in [0.15, 0.2) is 0 Å². The van der Waals surface area contributed by atoms with Crippen molar-refractivity contribution in [3.8, 4) is 0 Å². The van der Waals surface area contributed by atoms with Crippen LogP contribution in [0.3, 0.4) is 0 Å². The smallest absolute Gasteiger partial charge is 0.217 e. The number of hydrogen-bond donors (Lipinski definition) is 2. The molecule has 1 heterocycles. The molecule has 0 aromatic rings. The number of nitrogens with one attached hydrogen (secondary N) is 2. The highest BCUT2D eigenvalue weighted by molar-refractivity contribution is 5.73. The second-order valence-electron chi connectivity index (χ2n) is 7.57. The van der Waals surface area contributed by atoms with Crippen molar-refractivity contribution >= 4 is 5.91 Å². The predicted octanol–water partition coefficient (Wildman–Crippen LogP) is 3.10. The van der Waals surface area contributed by atoms with Crippen LogP contribution in [0.25, 0.3) is 0 Å². The lowest BCUT2D eigenvalue weighted by atomic mass is 9.71. The maximum Gasteiger partial charge on any atom is 0.217 e. The molecule has 1 saturated heterocycles. The molecule has 0 aromatic carbocycles. The van der Waals surface area contributed by atoms with Gasteiger partial charge < -0.3 is 10.6 Å². The van der Waals surface area contributed by atoms with Crippen LogP contribution in [0.5, 0.6) is 0 Å². The van der Waals surface area contributed by atoms with E-state index in [2.05, 4.69) is 24.5 Å². The molecule has 1 amide bonds. The highest BCUT2D eigenvalue weighted by Crippen LogP contribution is 2.42. The van der Waals surface area contributed by atoms with Crippen molar-refractivity contribution in [1.29, 1.82) is 0 Å². The Kier molecular flexibility index (Phi) is 5.48. The summed E-state index contributed by atoms with van der Waals surface area (Å²) in [5.74, 6) is 2.64. The second kappa shape index (κ2) is 6.93. The lowest BCUT2D eigenvalue weighted by Crippen LogP contribution is -2.46. The Hall–Kier alpha value is -0.570. The lowest BCUT2D eigenvalue weighted by molar-refractivity contribution is -0.120. The molecule has 1 saturated carbocycles. The predicted molar refractivity (Wildman–Crippen MR) is 83.6 cm³/mol. The fourth-order valence-corrected chi connectivity index (χ4v) is 4.49. The van der Waals surface area contributed by atoms with Gasteiger partial charge >= 0.3 is 0 Å². The lowest BCUT2D eigenvalue weighted by Gasteiger charge is -2.39. The summed E-state index contributed by atoms with van der Waals surface area (Å²) in [6, 6.07) is 0. The summed E-state index contributed by atoms with van der Waals surface area (Å²) in [6.45, 7) is 8.37. The maximum absolute atomic E-state index is 11.4. The number of piperidine rings is 1. The van der Waals surface area contributed by atoms with Crippen molar-refractivity contribution < 1.29 is 4.79 Å². The summed E-state index contributed by atoms with van der Waals surface area (Å²) in [4.78, 5) is 11.4. The van der Waals surface area contributed by atoms with Crippen LogP contribution in [-0.4, -0.2) is 24.5 Å². The molecule has 116 valence electrons. The van der Waals surface area contributed by atoms with Crippen LogP contribution >= 0.6 is 0 Å². The van der Waals surface area contributed by atoms with Gasteiger partial charge in [-0.1, -0.05) is 25.7 Å². The van der Waals surface area contributed by atoms with E-state index >= 15 is 0 Å². The van der Waals surface area contributed by atoms with Crippen molar-refractivity contribution in [2.45, 2.75) is 71.3 Å². The standard InChI is InChI=1S/C17H32N2O/c1-13(20)19-17(2,3)12-16(14-6-4-5-7-14)15-8-10-18-11-9-15/h14-16,18H,4-12H2,1-3H3,(H,19,20)/t16-/m0/s1. The van der Waals surface area contributed by atoms with E-state index in [4.69, 9.17) is 0 Å². The third-order valence-electron chi connectivity index (χ3n) is 5.26. The van der Waals surface area contributed by atoms with Gasteiger partial charge in [0.05, 0.1) is 0 Å². The molecular formula is C17H32N2O. The highest BCUT2D eigenvalue weighted by Gasteiger charge is 2.36. The first-order valence-electron chi connectivity index (χ1n) is 8.47. The molecule has 0 unspecified atom stereocenters. The van der Waals surface area contributed by atoms with E-state index < -0.39 is 0 Å². The number of carbonyl (C=O) groups excluding carboxylic acids is 1. The number of rotatable bonds is 5. The van der Waals surface area contributed by atoms with Gasteiger partial charge in [0.2, 0.25) is 5.91 Å². The SMILES string of the molecule is CC(=O)NC(C)(C)C[C@@H](C1CCCC1)C1CCNCC1. The number of hydrogen-bond acceptors (Lipinski definition) is 2. The zero-order chi connectivity index (χ0) is 14.6. The minimum absolute atomic E-state index is 0.0655. The van der Waals surface area contributed by atoms with Crippen molar-refractivity contribution in [2.24, 2.45) is 17.8 Å². The van der Waals surface area contributed by atoms with Crippen LogP contribution in [0.2, 0.25) is 0 Å². The second-order valence-corrected chi connectivity index (χ2v) is 7.57. The summed E-state index contributed by atoms with van der Waals surface area (Å²) in [6.07, 6.45) is 9.41. The van der Waals surface area contributed by atoms with Crippen LogP contribution in [0.1, 0.15) is 65.7 Å². The molecule has 2 aliphatic rings. The minimum Gasteiger partial charge on any atom is -0.351 e. The molecule has 2 rings (SSSR count). The maximum atomic E-state index is 11.4. The quantitative estimate of drug-likeness (QED) is 0.812. The van der Waals surface area contributed by atoms with Gasteiger partial charge in [-0.15, -0.1) is 0 Å². The van der Waals surface area contributed by atoms with Gasteiger partial charge in [-0.25, -0.2) is 0 Å². The topological polar surface area (TPSA) is 41.1 Å². The molecule has 3 nitrogen and oxygen atoms in total. The average Bonchev–Trinajstić information content (AvgIpc) is 2.89. The first-order chi connectivity index (χ1) is 9.48. The van der Waals surface area contributed by atoms with Crippen LogP contribution in [0.4, 0.5) is 0 Å². The Labute approximate surface area is 124 Å². The van der Waals surface area contributed by atoms with E-state index in [-0.39, 0.29) is 11.4 Å². The average molecular weight is 280 g/mol. The summed E-state index contributed by atoms with van der Waals surface area (Å²) >= 11 is 0. The molecule has 0 spiro atoms. The van der Waals surface area contributed by atoms with Crippen LogP contribution < -0.4 is 10.6 Å². The first-order valence-corrected chi connectivity index (χ1v) is 8.47. The fourth-order valence-electron chi connectivity index (χ4n) is 4.49. The molecule has 1 aliphatic carbocycles. The number of amides is 1. The van der Waals surface area contributed by atoms with Crippen LogP contribution in [-0.2, 0) is 4.79 Å². The zero-order valence-corrected chi connectivity index (χ0v) is 13.5. The molecule has 20 heavy (non-hydrogen) atoms. The van der Waals surface area contributed by atoms with E-state index in [1.165, 1.54) is 51.6 Å². The summed E-state index contributed by atoms with van der Waals surface area (Å²) < 4.78 is 0. The Balaban J connectivity index is 2.03. The molecule has 2 N–H and O–H groups in total. The molecule has 0 radical (unpaired) electrons. The van der Waals surface area contributed by atoms with Crippen LogP contribution in [0, 0.1) is 17.8 Å². The van der Waals surface area contributed by atoms with Gasteiger partial charge in [-0.2, -0.15) is 0 Å². The molecular weight excluding hydrogens is 248 g/mol. The monoisotopic (exact) mass is 280 g/mol. The van der Waals surface area contributed by atoms with Gasteiger partial charge in [0.15, 0.2) is 0 Å². The van der Waals surface area contributed by atoms with Crippen molar-refractivity contribution in [1.82, 2.24) is 10.6 Å². The highest BCUT2D eigenvalue weighted by atomic mass is 16.1. The Morgan fingerprint density at radius 1 is 1.15 bits per heavy atom. The van der Waals surface area contributed by atoms with Gasteiger partial charge in [0, 0.05) is 12.5 Å². The van der Waals surface area contributed by atoms with Crippen molar-refractivity contribution in [2.75, 3.05) is 13.1 Å². The van der Waals surface area contributed by atoms with E-state index in [1.807, 2.05) is 0 Å². The third-order valence-corrected chi connectivity index (χ3v) is 5.26. The molecule has 3 heteroatoms. The van der Waals surface area contributed by atoms with Crippen molar-refractivity contribution in [3.63, 3.8) is 0 Å². The third kappa shape index (κ3) is 4.47. The molecule has 2 fully saturated rings. The van der Waals surface area contributed by atoms with E-state index in [0.717, 1.165) is 24.2 Å². The normalized spacial score (nSPS) is 23.8. The van der Waals surface area contributed by atoms with Gasteiger partial charge in [0.1, 0.15) is 0 Å². The van der Waals surface area contributed by atoms with E-state index in [9.17, 15) is 4.79 Å². The Morgan fingerprint density at radius 3 is 2.25 bits per heavy atom. The Bertz CT molecular complexity index is 315.